The predicted molar refractivity (Wildman–Crippen MR) is 89.2 cm³/mol. The van der Waals surface area contributed by atoms with E-state index in [2.05, 4.69) is 10.6 Å². The zero-order chi connectivity index (χ0) is 16.9. The summed E-state index contributed by atoms with van der Waals surface area (Å²) in [5, 5.41) is 5.11. The fraction of sp³-hybridized carbons (Fsp3) is 0.222. The zero-order valence-corrected chi connectivity index (χ0v) is 13.2. The van der Waals surface area contributed by atoms with Gasteiger partial charge in [0.05, 0.1) is 6.54 Å². The molecule has 2 aromatic rings. The van der Waals surface area contributed by atoms with Crippen molar-refractivity contribution in [1.29, 1.82) is 0 Å². The lowest BCUT2D eigenvalue weighted by Crippen LogP contribution is -2.44. The molecule has 6 nitrogen and oxygen atoms in total. The van der Waals surface area contributed by atoms with E-state index in [1.165, 1.54) is 0 Å². The van der Waals surface area contributed by atoms with E-state index in [-0.39, 0.29) is 12.6 Å². The molecule has 24 heavy (non-hydrogen) atoms. The van der Waals surface area contributed by atoms with Crippen LogP contribution >= 0.6 is 0 Å². The Morgan fingerprint density at radius 2 is 1.75 bits per heavy atom. The summed E-state index contributed by atoms with van der Waals surface area (Å²) in [5.74, 6) is -0.113. The van der Waals surface area contributed by atoms with Crippen LogP contribution in [-0.4, -0.2) is 31.1 Å². The Balaban J connectivity index is 1.49. The van der Waals surface area contributed by atoms with Gasteiger partial charge < -0.3 is 20.1 Å². The van der Waals surface area contributed by atoms with Crippen molar-refractivity contribution in [3.05, 3.63) is 54.1 Å². The van der Waals surface area contributed by atoms with Crippen molar-refractivity contribution in [1.82, 2.24) is 5.32 Å². The molecule has 0 saturated carbocycles. The Hall–Kier alpha value is -3.02. The molecule has 2 N–H and O–H groups in total. The van der Waals surface area contributed by atoms with E-state index in [0.29, 0.717) is 23.8 Å². The molecule has 2 amide bonds. The van der Waals surface area contributed by atoms with Crippen LogP contribution in [-0.2, 0) is 9.59 Å². The first-order chi connectivity index (χ1) is 11.6. The van der Waals surface area contributed by atoms with Crippen LogP contribution in [0.25, 0.3) is 0 Å². The van der Waals surface area contributed by atoms with Gasteiger partial charge in [-0.05, 0) is 31.2 Å². The van der Waals surface area contributed by atoms with Crippen LogP contribution in [0.4, 0.5) is 5.69 Å². The van der Waals surface area contributed by atoms with Gasteiger partial charge in [-0.25, -0.2) is 0 Å². The van der Waals surface area contributed by atoms with Gasteiger partial charge in [0.1, 0.15) is 12.7 Å². The van der Waals surface area contributed by atoms with Gasteiger partial charge >= 0.3 is 11.8 Å². The second-order valence-electron chi connectivity index (χ2n) is 5.53. The van der Waals surface area contributed by atoms with E-state index in [9.17, 15) is 9.59 Å². The number of carbonyl (C=O) groups is 2. The molecule has 0 aromatic heterocycles. The van der Waals surface area contributed by atoms with E-state index in [1.807, 2.05) is 37.3 Å². The molecule has 1 unspecified atom stereocenters. The summed E-state index contributed by atoms with van der Waals surface area (Å²) >= 11 is 0. The van der Waals surface area contributed by atoms with Gasteiger partial charge in [0.15, 0.2) is 11.5 Å². The first kappa shape index (κ1) is 15.9. The van der Waals surface area contributed by atoms with Crippen LogP contribution in [0.3, 0.4) is 0 Å². The van der Waals surface area contributed by atoms with Crippen LogP contribution in [0.2, 0.25) is 0 Å². The van der Waals surface area contributed by atoms with Gasteiger partial charge in [0, 0.05) is 5.69 Å². The number of ether oxygens (including phenoxy) is 2. The summed E-state index contributed by atoms with van der Waals surface area (Å²) < 4.78 is 11.3. The number of nitrogens with one attached hydrogen (secondary N) is 2. The molecule has 0 aliphatic carbocycles. The number of rotatable bonds is 3. The number of amides is 2. The largest absolute Gasteiger partial charge is 0.486 e. The number of benzene rings is 2. The maximum Gasteiger partial charge on any atom is 0.313 e. The molecular weight excluding hydrogens is 308 g/mol. The third-order valence-corrected chi connectivity index (χ3v) is 3.57. The summed E-state index contributed by atoms with van der Waals surface area (Å²) in [6.45, 7) is 2.45. The fourth-order valence-corrected chi connectivity index (χ4v) is 2.28. The molecule has 1 aliphatic heterocycles. The molecule has 0 saturated heterocycles. The minimum Gasteiger partial charge on any atom is -0.486 e. The first-order valence-electron chi connectivity index (χ1n) is 7.66. The van der Waals surface area contributed by atoms with Gasteiger partial charge in [-0.1, -0.05) is 29.8 Å². The topological polar surface area (TPSA) is 76.7 Å². The molecule has 3 rings (SSSR count). The molecule has 0 radical (unpaired) electrons. The predicted octanol–water partition coefficient (Wildman–Crippen LogP) is 1.89. The average molecular weight is 326 g/mol. The Bertz CT molecular complexity index is 743. The van der Waals surface area contributed by atoms with Crippen LogP contribution in [0.1, 0.15) is 5.56 Å². The number of hydrogen-bond acceptors (Lipinski definition) is 4. The number of carbonyl (C=O) groups excluding carboxylic acids is 2. The maximum atomic E-state index is 11.9. The SMILES string of the molecule is Cc1ccc(NC(=O)C(=O)NCC2COc3ccccc3O2)cc1. The number of anilines is 1. The molecule has 6 heteroatoms. The van der Waals surface area contributed by atoms with Crippen molar-refractivity contribution in [2.75, 3.05) is 18.5 Å². The Labute approximate surface area is 139 Å². The average Bonchev–Trinajstić information content (AvgIpc) is 2.61. The number of hydrogen-bond donors (Lipinski definition) is 2. The molecular formula is C18H18N2O4. The van der Waals surface area contributed by atoms with E-state index in [4.69, 9.17) is 9.47 Å². The normalized spacial score (nSPS) is 15.5. The third-order valence-electron chi connectivity index (χ3n) is 3.57. The van der Waals surface area contributed by atoms with E-state index in [1.54, 1.807) is 18.2 Å². The summed E-state index contributed by atoms with van der Waals surface area (Å²) in [6.07, 6.45) is -0.337. The fourth-order valence-electron chi connectivity index (χ4n) is 2.28. The number of para-hydroxylation sites is 2. The van der Waals surface area contributed by atoms with Crippen molar-refractivity contribution in [3.63, 3.8) is 0 Å². The molecule has 2 aromatic carbocycles. The van der Waals surface area contributed by atoms with Crippen LogP contribution in [0.5, 0.6) is 11.5 Å². The van der Waals surface area contributed by atoms with Gasteiger partial charge in [0.2, 0.25) is 0 Å². The minimum atomic E-state index is -0.712. The molecule has 1 aliphatic rings. The maximum absolute atomic E-state index is 11.9. The smallest absolute Gasteiger partial charge is 0.313 e. The lowest BCUT2D eigenvalue weighted by molar-refractivity contribution is -0.136. The van der Waals surface area contributed by atoms with E-state index >= 15 is 0 Å². The quantitative estimate of drug-likeness (QED) is 0.845. The van der Waals surface area contributed by atoms with Crippen LogP contribution < -0.4 is 20.1 Å². The lowest BCUT2D eigenvalue weighted by Gasteiger charge is -2.26. The van der Waals surface area contributed by atoms with Crippen molar-refractivity contribution >= 4 is 17.5 Å². The van der Waals surface area contributed by atoms with Crippen LogP contribution in [0.15, 0.2) is 48.5 Å². The molecule has 0 fully saturated rings. The van der Waals surface area contributed by atoms with Gasteiger partial charge in [-0.2, -0.15) is 0 Å². The number of aryl methyl sites for hydroxylation is 1. The molecule has 124 valence electrons. The standard InChI is InChI=1S/C18H18N2O4/c1-12-6-8-13(9-7-12)20-18(22)17(21)19-10-14-11-23-15-4-2-3-5-16(15)24-14/h2-9,14H,10-11H2,1H3,(H,19,21)(H,20,22). The third kappa shape index (κ3) is 3.84. The van der Waals surface area contributed by atoms with Gasteiger partial charge in [-0.15, -0.1) is 0 Å². The molecule has 1 heterocycles. The molecule has 0 bridgehead atoms. The van der Waals surface area contributed by atoms with Crippen molar-refractivity contribution in [2.45, 2.75) is 13.0 Å². The highest BCUT2D eigenvalue weighted by atomic mass is 16.6. The Morgan fingerprint density at radius 1 is 1.04 bits per heavy atom. The molecule has 0 spiro atoms. The minimum absolute atomic E-state index is 0.189. The Kier molecular flexibility index (Phi) is 4.65. The first-order valence-corrected chi connectivity index (χ1v) is 7.66. The summed E-state index contributed by atoms with van der Waals surface area (Å²) in [6, 6.07) is 14.5. The highest BCUT2D eigenvalue weighted by molar-refractivity contribution is 6.39. The van der Waals surface area contributed by atoms with Gasteiger partial charge in [-0.3, -0.25) is 9.59 Å². The number of fused-ring (bicyclic) bond motifs is 1. The lowest BCUT2D eigenvalue weighted by atomic mass is 10.2. The Morgan fingerprint density at radius 3 is 2.50 bits per heavy atom. The summed E-state index contributed by atoms with van der Waals surface area (Å²) in [4.78, 5) is 23.8. The highest BCUT2D eigenvalue weighted by Crippen LogP contribution is 2.30. The van der Waals surface area contributed by atoms with E-state index in [0.717, 1.165) is 5.56 Å². The highest BCUT2D eigenvalue weighted by Gasteiger charge is 2.22. The van der Waals surface area contributed by atoms with Crippen molar-refractivity contribution in [2.24, 2.45) is 0 Å². The van der Waals surface area contributed by atoms with Gasteiger partial charge in [0.25, 0.3) is 0 Å². The monoisotopic (exact) mass is 326 g/mol. The summed E-state index contributed by atoms with van der Waals surface area (Å²) in [5.41, 5.74) is 1.65. The van der Waals surface area contributed by atoms with Crippen molar-refractivity contribution in [3.8, 4) is 11.5 Å². The van der Waals surface area contributed by atoms with Crippen molar-refractivity contribution < 1.29 is 19.1 Å². The van der Waals surface area contributed by atoms with Crippen LogP contribution in [0, 0.1) is 6.92 Å². The molecule has 1 atom stereocenters. The zero-order valence-electron chi connectivity index (χ0n) is 13.2. The van der Waals surface area contributed by atoms with E-state index < -0.39 is 11.8 Å². The second-order valence-corrected chi connectivity index (χ2v) is 5.53. The summed E-state index contributed by atoms with van der Waals surface area (Å²) in [7, 11) is 0. The second kappa shape index (κ2) is 7.04.